The fourth-order valence-electron chi connectivity index (χ4n) is 3.80. The number of fused-ring (bicyclic) bond motifs is 3. The van der Waals surface area contributed by atoms with Crippen LogP contribution in [0.25, 0.3) is 22.1 Å². The maximum absolute atomic E-state index is 12.0. The van der Waals surface area contributed by atoms with Crippen LogP contribution in [0.2, 0.25) is 0 Å². The van der Waals surface area contributed by atoms with Gasteiger partial charge in [0.25, 0.3) is 0 Å². The van der Waals surface area contributed by atoms with Crippen LogP contribution < -0.4 is 5.73 Å². The second kappa shape index (κ2) is 6.12. The van der Waals surface area contributed by atoms with Gasteiger partial charge in [-0.2, -0.15) is 0 Å². The lowest BCUT2D eigenvalue weighted by molar-refractivity contribution is -0.131. The highest BCUT2D eigenvalue weighted by molar-refractivity contribution is 6.01. The van der Waals surface area contributed by atoms with E-state index in [1.807, 2.05) is 12.3 Å². The van der Waals surface area contributed by atoms with Gasteiger partial charge in [0.2, 0.25) is 5.91 Å². The zero-order chi connectivity index (χ0) is 17.6. The number of aliphatic hydroxyl groups is 1. The number of hydrogen-bond acceptors (Lipinski definition) is 5. The number of aliphatic hydroxyl groups excluding tert-OH is 1. The van der Waals surface area contributed by atoms with Gasteiger partial charge in [-0.05, 0) is 25.8 Å². The van der Waals surface area contributed by atoms with Gasteiger partial charge in [-0.1, -0.05) is 0 Å². The average molecular weight is 342 g/mol. The van der Waals surface area contributed by atoms with Gasteiger partial charge < -0.3 is 25.3 Å². The minimum absolute atomic E-state index is 0.0205. The maximum Gasteiger partial charge on any atom is 0.236 e. The molecule has 8 heteroatoms. The van der Waals surface area contributed by atoms with E-state index in [2.05, 4.69) is 19.5 Å². The summed E-state index contributed by atoms with van der Waals surface area (Å²) < 4.78 is 2.09. The third-order valence-corrected chi connectivity index (χ3v) is 4.92. The molecule has 2 atom stereocenters. The molecule has 1 aliphatic rings. The number of hydrogen-bond donors (Lipinski definition) is 3. The van der Waals surface area contributed by atoms with E-state index in [9.17, 15) is 9.90 Å². The number of piperidine rings is 1. The van der Waals surface area contributed by atoms with Crippen molar-refractivity contribution in [1.82, 2.24) is 24.4 Å². The number of nitrogens with zero attached hydrogens (tertiary/aromatic N) is 4. The molecule has 1 aliphatic heterocycles. The molecular formula is C17H22N6O2. The van der Waals surface area contributed by atoms with Gasteiger partial charge >= 0.3 is 0 Å². The Morgan fingerprint density at radius 3 is 3.16 bits per heavy atom. The zero-order valence-electron chi connectivity index (χ0n) is 14.1. The summed E-state index contributed by atoms with van der Waals surface area (Å²) in [6.07, 6.45) is 4.69. The number of likely N-dealkylation sites (tertiary alicyclic amines) is 1. The van der Waals surface area contributed by atoms with Crippen molar-refractivity contribution >= 4 is 28.0 Å². The third kappa shape index (κ3) is 2.58. The number of amides is 1. The zero-order valence-corrected chi connectivity index (χ0v) is 14.1. The van der Waals surface area contributed by atoms with Crippen LogP contribution >= 0.6 is 0 Å². The number of carbonyl (C=O) groups excluding carboxylic acids is 1. The Labute approximate surface area is 144 Å². The molecule has 1 fully saturated rings. The molecule has 0 spiro atoms. The standard InChI is InChI=1S/C17H22N6O2/c1-10(24)17-21-13-8-20-16-12(4-5-19-16)15(13)23(17)11-3-2-6-22(9-11)14(25)7-18/h4-5,8,10-11,24H,2-3,6-7,9,18H2,1H3,(H,19,20)/t10-,11+/m0/s1. The Bertz CT molecular complexity index is 928. The van der Waals surface area contributed by atoms with Crippen molar-refractivity contribution in [3.05, 3.63) is 24.3 Å². The fraction of sp³-hybridized carbons (Fsp3) is 0.471. The highest BCUT2D eigenvalue weighted by atomic mass is 16.3. The van der Waals surface area contributed by atoms with E-state index in [-0.39, 0.29) is 18.5 Å². The number of pyridine rings is 1. The van der Waals surface area contributed by atoms with E-state index >= 15 is 0 Å². The van der Waals surface area contributed by atoms with E-state index in [0.29, 0.717) is 12.4 Å². The average Bonchev–Trinajstić information content (AvgIpc) is 3.24. The molecular weight excluding hydrogens is 320 g/mol. The van der Waals surface area contributed by atoms with Crippen molar-refractivity contribution in [2.24, 2.45) is 5.73 Å². The van der Waals surface area contributed by atoms with Gasteiger partial charge in [-0.3, -0.25) is 4.79 Å². The molecule has 1 amide bonds. The molecule has 132 valence electrons. The summed E-state index contributed by atoms with van der Waals surface area (Å²) in [5.74, 6) is 0.568. The number of carbonyl (C=O) groups is 1. The van der Waals surface area contributed by atoms with Gasteiger partial charge in [-0.25, -0.2) is 9.97 Å². The first kappa shape index (κ1) is 16.0. The van der Waals surface area contributed by atoms with Crippen molar-refractivity contribution in [3.63, 3.8) is 0 Å². The fourth-order valence-corrected chi connectivity index (χ4v) is 3.80. The molecule has 4 N–H and O–H groups in total. The van der Waals surface area contributed by atoms with Gasteiger partial charge in [0, 0.05) is 24.7 Å². The number of nitrogens with one attached hydrogen (secondary N) is 1. The Morgan fingerprint density at radius 1 is 1.56 bits per heavy atom. The van der Waals surface area contributed by atoms with E-state index in [1.54, 1.807) is 18.0 Å². The first-order valence-corrected chi connectivity index (χ1v) is 8.60. The van der Waals surface area contributed by atoms with Gasteiger partial charge in [0.05, 0.1) is 24.3 Å². The second-order valence-electron chi connectivity index (χ2n) is 6.59. The maximum atomic E-state index is 12.0. The highest BCUT2D eigenvalue weighted by Crippen LogP contribution is 2.33. The first-order chi connectivity index (χ1) is 12.1. The Hall–Kier alpha value is -2.45. The third-order valence-electron chi connectivity index (χ3n) is 4.92. The van der Waals surface area contributed by atoms with Crippen LogP contribution in [0, 0.1) is 0 Å². The number of H-pyrrole nitrogens is 1. The molecule has 1 saturated heterocycles. The molecule has 0 aromatic carbocycles. The van der Waals surface area contributed by atoms with Crippen LogP contribution in [0.1, 0.15) is 37.7 Å². The van der Waals surface area contributed by atoms with Crippen molar-refractivity contribution < 1.29 is 9.90 Å². The normalized spacial score (nSPS) is 19.6. The Balaban J connectivity index is 1.88. The van der Waals surface area contributed by atoms with E-state index in [1.165, 1.54) is 0 Å². The van der Waals surface area contributed by atoms with Crippen molar-refractivity contribution in [1.29, 1.82) is 0 Å². The number of aromatic nitrogens is 4. The van der Waals surface area contributed by atoms with Crippen LogP contribution in [0.5, 0.6) is 0 Å². The monoisotopic (exact) mass is 342 g/mol. The lowest BCUT2D eigenvalue weighted by Gasteiger charge is -2.34. The van der Waals surface area contributed by atoms with Crippen LogP contribution in [0.3, 0.4) is 0 Å². The van der Waals surface area contributed by atoms with Crippen molar-refractivity contribution in [3.8, 4) is 0 Å². The molecule has 8 nitrogen and oxygen atoms in total. The molecule has 0 unspecified atom stereocenters. The predicted molar refractivity (Wildman–Crippen MR) is 93.9 cm³/mol. The van der Waals surface area contributed by atoms with Crippen molar-refractivity contribution in [2.45, 2.75) is 31.9 Å². The van der Waals surface area contributed by atoms with Gasteiger partial charge in [0.1, 0.15) is 23.1 Å². The lowest BCUT2D eigenvalue weighted by atomic mass is 10.0. The topological polar surface area (TPSA) is 113 Å². The van der Waals surface area contributed by atoms with Crippen LogP contribution in [0.4, 0.5) is 0 Å². The largest absolute Gasteiger partial charge is 0.385 e. The lowest BCUT2D eigenvalue weighted by Crippen LogP contribution is -2.43. The van der Waals surface area contributed by atoms with Crippen molar-refractivity contribution in [2.75, 3.05) is 19.6 Å². The summed E-state index contributed by atoms with van der Waals surface area (Å²) in [7, 11) is 0. The Morgan fingerprint density at radius 2 is 2.40 bits per heavy atom. The minimum atomic E-state index is -0.707. The van der Waals surface area contributed by atoms with Gasteiger partial charge in [0.15, 0.2) is 0 Å². The smallest absolute Gasteiger partial charge is 0.236 e. The molecule has 3 aromatic heterocycles. The van der Waals surface area contributed by atoms with Crippen LogP contribution in [-0.2, 0) is 4.79 Å². The van der Waals surface area contributed by atoms with Gasteiger partial charge in [-0.15, -0.1) is 0 Å². The number of aromatic amines is 1. The van der Waals surface area contributed by atoms with E-state index in [4.69, 9.17) is 5.73 Å². The SMILES string of the molecule is C[C@H](O)c1nc2cnc3[nH]ccc3c2n1[C@@H]1CCCN(C(=O)CN)C1. The predicted octanol–water partition coefficient (Wildman–Crippen LogP) is 1.09. The summed E-state index contributed by atoms with van der Waals surface area (Å²) in [5.41, 5.74) is 8.03. The van der Waals surface area contributed by atoms with Crippen LogP contribution in [-0.4, -0.2) is 55.1 Å². The number of imidazole rings is 1. The molecule has 0 aliphatic carbocycles. The summed E-state index contributed by atoms with van der Waals surface area (Å²) in [6, 6.07) is 2.03. The summed E-state index contributed by atoms with van der Waals surface area (Å²) >= 11 is 0. The molecule has 25 heavy (non-hydrogen) atoms. The summed E-state index contributed by atoms with van der Waals surface area (Å²) in [5, 5.41) is 11.2. The minimum Gasteiger partial charge on any atom is -0.385 e. The second-order valence-corrected chi connectivity index (χ2v) is 6.59. The quantitative estimate of drug-likeness (QED) is 0.659. The molecule has 0 radical (unpaired) electrons. The van der Waals surface area contributed by atoms with E-state index in [0.717, 1.165) is 41.5 Å². The molecule has 0 bridgehead atoms. The molecule has 0 saturated carbocycles. The first-order valence-electron chi connectivity index (χ1n) is 8.60. The highest BCUT2D eigenvalue weighted by Gasteiger charge is 2.29. The summed E-state index contributed by atoms with van der Waals surface area (Å²) in [4.78, 5) is 26.0. The Kier molecular flexibility index (Phi) is 3.93. The molecule has 4 heterocycles. The number of nitrogens with two attached hydrogens (primary N) is 1. The summed E-state index contributed by atoms with van der Waals surface area (Å²) in [6.45, 7) is 3.04. The van der Waals surface area contributed by atoms with E-state index < -0.39 is 6.10 Å². The number of rotatable bonds is 3. The molecule has 4 rings (SSSR count). The van der Waals surface area contributed by atoms with Crippen LogP contribution in [0.15, 0.2) is 18.5 Å². The molecule has 3 aromatic rings.